The van der Waals surface area contributed by atoms with Crippen LogP contribution in [0.15, 0.2) is 24.3 Å². The number of hydrogen-bond acceptors (Lipinski definition) is 2. The third-order valence-corrected chi connectivity index (χ3v) is 1.40. The molecule has 1 aromatic carbocycles. The molecule has 0 aliphatic carbocycles. The van der Waals surface area contributed by atoms with E-state index in [1.807, 2.05) is 0 Å². The second kappa shape index (κ2) is 3.95. The molecular formula is C9H9BO2. The van der Waals surface area contributed by atoms with Gasteiger partial charge in [-0.2, -0.15) is 0 Å². The Kier molecular flexibility index (Phi) is 2.91. The van der Waals surface area contributed by atoms with Crippen LogP contribution in [0.4, 0.5) is 0 Å². The summed E-state index contributed by atoms with van der Waals surface area (Å²) in [6.07, 6.45) is 0. The van der Waals surface area contributed by atoms with Crippen LogP contribution in [0.2, 0.25) is 0 Å². The van der Waals surface area contributed by atoms with Crippen LogP contribution in [-0.2, 0) is 4.74 Å². The van der Waals surface area contributed by atoms with Crippen molar-refractivity contribution in [3.63, 3.8) is 0 Å². The minimum atomic E-state index is -0.329. The van der Waals surface area contributed by atoms with E-state index in [0.717, 1.165) is 0 Å². The van der Waals surface area contributed by atoms with E-state index in [4.69, 9.17) is 12.6 Å². The zero-order valence-corrected chi connectivity index (χ0v) is 6.91. The summed E-state index contributed by atoms with van der Waals surface area (Å²) in [6, 6.07) is 6.72. The molecule has 60 valence electrons. The third kappa shape index (κ3) is 2.12. The van der Waals surface area contributed by atoms with Gasteiger partial charge in [-0.25, -0.2) is 4.79 Å². The number of hydrogen-bond donors (Lipinski definition) is 0. The number of rotatable bonds is 2. The summed E-state index contributed by atoms with van der Waals surface area (Å²) in [5.41, 5.74) is 1.07. The van der Waals surface area contributed by atoms with Gasteiger partial charge in [0.25, 0.3) is 0 Å². The molecule has 0 fully saturated rings. The SMILES string of the molecule is [B]c1cccc(C(=O)OCC)c1. The molecule has 0 saturated carbocycles. The Morgan fingerprint density at radius 3 is 2.92 bits per heavy atom. The fourth-order valence-electron chi connectivity index (χ4n) is 0.880. The fourth-order valence-corrected chi connectivity index (χ4v) is 0.880. The molecule has 1 aromatic rings. The van der Waals surface area contributed by atoms with Crippen molar-refractivity contribution in [2.24, 2.45) is 0 Å². The molecule has 2 nitrogen and oxygen atoms in total. The fraction of sp³-hybridized carbons (Fsp3) is 0.222. The minimum Gasteiger partial charge on any atom is -0.462 e. The summed E-state index contributed by atoms with van der Waals surface area (Å²) in [7, 11) is 5.48. The van der Waals surface area contributed by atoms with Crippen molar-refractivity contribution in [2.75, 3.05) is 6.61 Å². The van der Waals surface area contributed by atoms with E-state index in [1.165, 1.54) is 0 Å². The van der Waals surface area contributed by atoms with E-state index in [1.54, 1.807) is 31.2 Å². The largest absolute Gasteiger partial charge is 0.462 e. The van der Waals surface area contributed by atoms with Crippen LogP contribution in [0.3, 0.4) is 0 Å². The lowest BCUT2D eigenvalue weighted by atomic mass is 9.94. The van der Waals surface area contributed by atoms with Crippen molar-refractivity contribution in [3.05, 3.63) is 29.8 Å². The summed E-state index contributed by atoms with van der Waals surface area (Å²) < 4.78 is 4.79. The molecule has 0 aliphatic heterocycles. The molecule has 1 rings (SSSR count). The van der Waals surface area contributed by atoms with Crippen molar-refractivity contribution in [2.45, 2.75) is 6.92 Å². The molecule has 0 N–H and O–H groups in total. The summed E-state index contributed by atoms with van der Waals surface area (Å²) >= 11 is 0. The zero-order chi connectivity index (χ0) is 8.97. The Morgan fingerprint density at radius 1 is 1.58 bits per heavy atom. The first-order valence-corrected chi connectivity index (χ1v) is 3.76. The standard InChI is InChI=1S/C9H9BO2/c1-2-12-9(11)7-4-3-5-8(10)6-7/h3-6H,2H2,1H3. The molecule has 3 heteroatoms. The Bertz CT molecular complexity index is 284. The summed E-state index contributed by atoms with van der Waals surface area (Å²) in [5.74, 6) is -0.329. The monoisotopic (exact) mass is 160 g/mol. The van der Waals surface area contributed by atoms with Gasteiger partial charge in [-0.3, -0.25) is 0 Å². The van der Waals surface area contributed by atoms with Crippen LogP contribution in [0, 0.1) is 0 Å². The van der Waals surface area contributed by atoms with Crippen LogP contribution in [0.5, 0.6) is 0 Å². The maximum absolute atomic E-state index is 11.1. The Hall–Kier alpha value is -1.25. The van der Waals surface area contributed by atoms with E-state index >= 15 is 0 Å². The molecule has 0 heterocycles. The lowest BCUT2D eigenvalue weighted by Gasteiger charge is -2.01. The summed E-state index contributed by atoms with van der Waals surface area (Å²) in [4.78, 5) is 11.1. The van der Waals surface area contributed by atoms with Crippen molar-refractivity contribution >= 4 is 19.3 Å². The molecule has 12 heavy (non-hydrogen) atoms. The first-order chi connectivity index (χ1) is 5.74. The molecule has 0 saturated heterocycles. The summed E-state index contributed by atoms with van der Waals surface area (Å²) in [6.45, 7) is 2.15. The van der Waals surface area contributed by atoms with E-state index in [-0.39, 0.29) is 5.97 Å². The lowest BCUT2D eigenvalue weighted by molar-refractivity contribution is 0.0526. The van der Waals surface area contributed by atoms with Crippen molar-refractivity contribution in [3.8, 4) is 0 Å². The van der Waals surface area contributed by atoms with Gasteiger partial charge in [-0.05, 0) is 13.0 Å². The van der Waals surface area contributed by atoms with Gasteiger partial charge < -0.3 is 4.74 Å². The topological polar surface area (TPSA) is 26.3 Å². The molecular weight excluding hydrogens is 151 g/mol. The number of benzene rings is 1. The van der Waals surface area contributed by atoms with Crippen LogP contribution < -0.4 is 5.46 Å². The number of ether oxygens (including phenoxy) is 1. The quantitative estimate of drug-likeness (QED) is 0.469. The minimum absolute atomic E-state index is 0.329. The first kappa shape index (κ1) is 8.85. The number of carbonyl (C=O) groups excluding carboxylic acids is 1. The normalized spacial score (nSPS) is 9.42. The van der Waals surface area contributed by atoms with Gasteiger partial charge in [-0.1, -0.05) is 23.7 Å². The van der Waals surface area contributed by atoms with Gasteiger partial charge in [0.1, 0.15) is 7.85 Å². The highest BCUT2D eigenvalue weighted by Gasteiger charge is 2.04. The van der Waals surface area contributed by atoms with Gasteiger partial charge in [0.15, 0.2) is 0 Å². The molecule has 2 radical (unpaired) electrons. The maximum atomic E-state index is 11.1. The Morgan fingerprint density at radius 2 is 2.33 bits per heavy atom. The molecule has 0 aromatic heterocycles. The molecule has 0 unspecified atom stereocenters. The van der Waals surface area contributed by atoms with Crippen LogP contribution in [0.25, 0.3) is 0 Å². The number of carbonyl (C=O) groups is 1. The maximum Gasteiger partial charge on any atom is 0.338 e. The average molecular weight is 160 g/mol. The predicted molar refractivity (Wildman–Crippen MR) is 47.8 cm³/mol. The molecule has 0 aliphatic rings. The lowest BCUT2D eigenvalue weighted by Crippen LogP contribution is -2.09. The predicted octanol–water partition coefficient (Wildman–Crippen LogP) is 0.657. The highest BCUT2D eigenvalue weighted by molar-refractivity contribution is 6.32. The highest BCUT2D eigenvalue weighted by atomic mass is 16.5. The smallest absolute Gasteiger partial charge is 0.338 e. The molecule has 0 bridgehead atoms. The van der Waals surface area contributed by atoms with E-state index in [2.05, 4.69) is 0 Å². The van der Waals surface area contributed by atoms with Gasteiger partial charge in [-0.15, -0.1) is 0 Å². The second-order valence-corrected chi connectivity index (χ2v) is 2.35. The van der Waals surface area contributed by atoms with Gasteiger partial charge >= 0.3 is 5.97 Å². The van der Waals surface area contributed by atoms with Crippen LogP contribution >= 0.6 is 0 Å². The van der Waals surface area contributed by atoms with E-state index in [0.29, 0.717) is 17.6 Å². The highest BCUT2D eigenvalue weighted by Crippen LogP contribution is 1.98. The van der Waals surface area contributed by atoms with Crippen LogP contribution in [-0.4, -0.2) is 20.4 Å². The number of esters is 1. The third-order valence-electron chi connectivity index (χ3n) is 1.40. The second-order valence-electron chi connectivity index (χ2n) is 2.35. The van der Waals surface area contributed by atoms with Gasteiger partial charge in [0.2, 0.25) is 0 Å². The van der Waals surface area contributed by atoms with Crippen molar-refractivity contribution in [1.82, 2.24) is 0 Å². The average Bonchev–Trinajstić information content (AvgIpc) is 2.05. The van der Waals surface area contributed by atoms with E-state index < -0.39 is 0 Å². The van der Waals surface area contributed by atoms with Gasteiger partial charge in [0.05, 0.1) is 12.2 Å². The van der Waals surface area contributed by atoms with Crippen LogP contribution in [0.1, 0.15) is 17.3 Å². The Labute approximate surface area is 73.0 Å². The van der Waals surface area contributed by atoms with E-state index in [9.17, 15) is 4.79 Å². The van der Waals surface area contributed by atoms with Gasteiger partial charge in [0, 0.05) is 0 Å². The van der Waals surface area contributed by atoms with Crippen molar-refractivity contribution < 1.29 is 9.53 Å². The molecule has 0 atom stereocenters. The van der Waals surface area contributed by atoms with Crippen molar-refractivity contribution in [1.29, 1.82) is 0 Å². The first-order valence-electron chi connectivity index (χ1n) is 3.76. The molecule has 0 spiro atoms. The Balaban J connectivity index is 2.81. The summed E-state index contributed by atoms with van der Waals surface area (Å²) in [5, 5.41) is 0. The molecule has 0 amide bonds. The zero-order valence-electron chi connectivity index (χ0n) is 6.91.